The predicted octanol–water partition coefficient (Wildman–Crippen LogP) is 3.81. The Balaban J connectivity index is 1.82. The molecule has 0 atom stereocenters. The second kappa shape index (κ2) is 5.57. The number of hydrogen-bond acceptors (Lipinski definition) is 2. The lowest BCUT2D eigenvalue weighted by Gasteiger charge is -2.10. The van der Waals surface area contributed by atoms with Crippen LogP contribution in [0.2, 0.25) is 0 Å². The summed E-state index contributed by atoms with van der Waals surface area (Å²) in [5.74, 6) is 0.492. The quantitative estimate of drug-likeness (QED) is 0.779. The van der Waals surface area contributed by atoms with Gasteiger partial charge in [-0.15, -0.1) is 0 Å². The summed E-state index contributed by atoms with van der Waals surface area (Å²) < 4.78 is 15.6. The first-order valence-electron chi connectivity index (χ1n) is 6.39. The van der Waals surface area contributed by atoms with E-state index in [9.17, 15) is 4.39 Å². The molecule has 0 aliphatic rings. The first kappa shape index (κ1) is 12.4. The van der Waals surface area contributed by atoms with Crippen molar-refractivity contribution in [2.45, 2.75) is 6.54 Å². The molecule has 4 heteroatoms. The fraction of sp³-hybridized carbons (Fsp3) is 0.0625. The lowest BCUT2D eigenvalue weighted by molar-refractivity contribution is 0.600. The topological polar surface area (TPSA) is 29.9 Å². The summed E-state index contributed by atoms with van der Waals surface area (Å²) in [6.07, 6.45) is 3.53. The summed E-state index contributed by atoms with van der Waals surface area (Å²) in [4.78, 5) is 4.27. The summed E-state index contributed by atoms with van der Waals surface area (Å²) in [5, 5.41) is 3.22. The van der Waals surface area contributed by atoms with E-state index in [1.807, 2.05) is 47.2 Å². The average Bonchev–Trinajstić information content (AvgIpc) is 2.90. The minimum absolute atomic E-state index is 0.202. The Bertz CT molecular complexity index is 692. The van der Waals surface area contributed by atoms with Crippen LogP contribution in [0.5, 0.6) is 0 Å². The molecule has 0 bridgehead atoms. The van der Waals surface area contributed by atoms with Crippen LogP contribution in [0.4, 0.5) is 16.0 Å². The summed E-state index contributed by atoms with van der Waals surface area (Å²) in [7, 11) is 0. The number of aromatic nitrogens is 2. The van der Waals surface area contributed by atoms with Gasteiger partial charge in [0.2, 0.25) is 5.95 Å². The molecule has 0 amide bonds. The summed E-state index contributed by atoms with van der Waals surface area (Å²) in [5.41, 5.74) is 1.59. The highest BCUT2D eigenvalue weighted by Crippen LogP contribution is 2.16. The van der Waals surface area contributed by atoms with Crippen LogP contribution in [-0.4, -0.2) is 9.55 Å². The van der Waals surface area contributed by atoms with Gasteiger partial charge >= 0.3 is 0 Å². The number of halogens is 1. The van der Waals surface area contributed by atoms with Crippen LogP contribution in [0.3, 0.4) is 0 Å². The zero-order chi connectivity index (χ0) is 13.8. The van der Waals surface area contributed by atoms with Gasteiger partial charge in [-0.25, -0.2) is 9.37 Å². The van der Waals surface area contributed by atoms with Crippen molar-refractivity contribution in [3.8, 4) is 0 Å². The molecule has 3 rings (SSSR count). The maximum Gasteiger partial charge on any atom is 0.207 e. The number of imidazole rings is 1. The van der Waals surface area contributed by atoms with Gasteiger partial charge in [0, 0.05) is 23.6 Å². The highest BCUT2D eigenvalue weighted by atomic mass is 19.1. The number of nitrogens with zero attached hydrogens (tertiary/aromatic N) is 2. The Labute approximate surface area is 116 Å². The molecular weight excluding hydrogens is 253 g/mol. The number of nitrogens with one attached hydrogen (secondary N) is 1. The van der Waals surface area contributed by atoms with Gasteiger partial charge in [0.15, 0.2) is 0 Å². The van der Waals surface area contributed by atoms with Crippen molar-refractivity contribution in [3.63, 3.8) is 0 Å². The Morgan fingerprint density at radius 3 is 2.55 bits per heavy atom. The summed E-state index contributed by atoms with van der Waals surface area (Å²) in [6, 6.07) is 16.5. The Hall–Kier alpha value is -2.62. The molecule has 20 heavy (non-hydrogen) atoms. The van der Waals surface area contributed by atoms with Crippen molar-refractivity contribution in [1.82, 2.24) is 9.55 Å². The maximum atomic E-state index is 13.7. The summed E-state index contributed by atoms with van der Waals surface area (Å²) >= 11 is 0. The number of para-hydroxylation sites is 1. The van der Waals surface area contributed by atoms with E-state index in [2.05, 4.69) is 10.3 Å². The largest absolute Gasteiger partial charge is 0.326 e. The van der Waals surface area contributed by atoms with Gasteiger partial charge in [0.1, 0.15) is 5.82 Å². The highest BCUT2D eigenvalue weighted by Gasteiger charge is 2.06. The average molecular weight is 267 g/mol. The molecule has 100 valence electrons. The van der Waals surface area contributed by atoms with Crippen molar-refractivity contribution in [2.75, 3.05) is 5.32 Å². The molecule has 1 heterocycles. The number of benzene rings is 2. The standard InChI is InChI=1S/C16H14FN3/c17-15-9-5-4-6-13(15)12-20-11-10-18-16(20)19-14-7-2-1-3-8-14/h1-11H,12H2,(H,18,19). The fourth-order valence-corrected chi connectivity index (χ4v) is 2.02. The molecule has 2 aromatic carbocycles. The van der Waals surface area contributed by atoms with Crippen LogP contribution in [-0.2, 0) is 6.54 Å². The number of hydrogen-bond donors (Lipinski definition) is 1. The first-order chi connectivity index (χ1) is 9.83. The number of rotatable bonds is 4. The molecule has 1 N–H and O–H groups in total. The Morgan fingerprint density at radius 2 is 1.75 bits per heavy atom. The minimum Gasteiger partial charge on any atom is -0.326 e. The molecule has 1 aromatic heterocycles. The van der Waals surface area contributed by atoms with Gasteiger partial charge in [0.05, 0.1) is 6.54 Å². The van der Waals surface area contributed by atoms with E-state index in [0.29, 0.717) is 18.1 Å². The smallest absolute Gasteiger partial charge is 0.207 e. The fourth-order valence-electron chi connectivity index (χ4n) is 2.02. The van der Waals surface area contributed by atoms with Crippen molar-refractivity contribution in [2.24, 2.45) is 0 Å². The molecule has 0 aliphatic carbocycles. The van der Waals surface area contributed by atoms with Gasteiger partial charge in [-0.05, 0) is 18.2 Å². The van der Waals surface area contributed by atoms with Crippen LogP contribution in [0, 0.1) is 5.82 Å². The molecular formula is C16H14FN3. The van der Waals surface area contributed by atoms with E-state index in [1.165, 1.54) is 6.07 Å². The van der Waals surface area contributed by atoms with Gasteiger partial charge in [0.25, 0.3) is 0 Å². The van der Waals surface area contributed by atoms with Crippen LogP contribution in [0.25, 0.3) is 0 Å². The van der Waals surface area contributed by atoms with Crippen LogP contribution < -0.4 is 5.32 Å². The van der Waals surface area contributed by atoms with Gasteiger partial charge in [-0.1, -0.05) is 36.4 Å². The molecule has 3 aromatic rings. The lowest BCUT2D eigenvalue weighted by atomic mass is 10.2. The molecule has 0 radical (unpaired) electrons. The van der Waals surface area contributed by atoms with E-state index in [4.69, 9.17) is 0 Å². The Kier molecular flexibility index (Phi) is 3.46. The minimum atomic E-state index is -0.202. The molecule has 3 nitrogen and oxygen atoms in total. The monoisotopic (exact) mass is 267 g/mol. The van der Waals surface area contributed by atoms with Gasteiger partial charge in [-0.2, -0.15) is 0 Å². The van der Waals surface area contributed by atoms with E-state index < -0.39 is 0 Å². The predicted molar refractivity (Wildman–Crippen MR) is 77.5 cm³/mol. The zero-order valence-electron chi connectivity index (χ0n) is 10.8. The third-order valence-corrected chi connectivity index (χ3v) is 3.04. The van der Waals surface area contributed by atoms with Crippen molar-refractivity contribution in [3.05, 3.63) is 78.4 Å². The highest BCUT2D eigenvalue weighted by molar-refractivity contribution is 5.53. The molecule has 0 saturated carbocycles. The van der Waals surface area contributed by atoms with Crippen LogP contribution in [0.15, 0.2) is 67.0 Å². The molecule has 0 fully saturated rings. The van der Waals surface area contributed by atoms with E-state index in [0.717, 1.165) is 5.69 Å². The second-order valence-corrected chi connectivity index (χ2v) is 4.46. The van der Waals surface area contributed by atoms with Crippen molar-refractivity contribution >= 4 is 11.6 Å². The molecule has 0 unspecified atom stereocenters. The third kappa shape index (κ3) is 2.69. The molecule has 0 saturated heterocycles. The normalized spacial score (nSPS) is 10.4. The number of anilines is 2. The van der Waals surface area contributed by atoms with Gasteiger partial charge < -0.3 is 9.88 Å². The molecule has 0 aliphatic heterocycles. The third-order valence-electron chi connectivity index (χ3n) is 3.04. The van der Waals surface area contributed by atoms with Crippen molar-refractivity contribution in [1.29, 1.82) is 0 Å². The van der Waals surface area contributed by atoms with Gasteiger partial charge in [-0.3, -0.25) is 0 Å². The van der Waals surface area contributed by atoms with E-state index in [-0.39, 0.29) is 5.82 Å². The van der Waals surface area contributed by atoms with Crippen LogP contribution in [0.1, 0.15) is 5.56 Å². The SMILES string of the molecule is Fc1ccccc1Cn1ccnc1Nc1ccccc1. The van der Waals surface area contributed by atoms with E-state index in [1.54, 1.807) is 18.3 Å². The Morgan fingerprint density at radius 1 is 1.00 bits per heavy atom. The lowest BCUT2D eigenvalue weighted by Crippen LogP contribution is -2.05. The summed E-state index contributed by atoms with van der Waals surface area (Å²) in [6.45, 7) is 0.446. The maximum absolute atomic E-state index is 13.7. The zero-order valence-corrected chi connectivity index (χ0v) is 10.8. The molecule has 0 spiro atoms. The van der Waals surface area contributed by atoms with Crippen LogP contribution >= 0.6 is 0 Å². The first-order valence-corrected chi connectivity index (χ1v) is 6.39. The second-order valence-electron chi connectivity index (χ2n) is 4.46. The van der Waals surface area contributed by atoms with Crippen molar-refractivity contribution < 1.29 is 4.39 Å². The van der Waals surface area contributed by atoms with E-state index >= 15 is 0 Å².